The van der Waals surface area contributed by atoms with E-state index in [4.69, 9.17) is 40.6 Å². The van der Waals surface area contributed by atoms with E-state index in [1.54, 1.807) is 11.1 Å². The minimum atomic E-state index is -1.09. The van der Waals surface area contributed by atoms with Crippen LogP contribution in [0, 0.1) is 5.92 Å². The third-order valence-corrected chi connectivity index (χ3v) is 13.5. The predicted octanol–water partition coefficient (Wildman–Crippen LogP) is 5.14. The molecule has 0 unspecified atom stereocenters. The van der Waals surface area contributed by atoms with Crippen LogP contribution in [0.4, 0.5) is 0 Å². The van der Waals surface area contributed by atoms with Gasteiger partial charge in [-0.15, -0.1) is 0 Å². The number of hydrogen-bond acceptors (Lipinski definition) is 16. The maximum atomic E-state index is 13.3. The molecule has 1 fully saturated rings. The zero-order valence-electron chi connectivity index (χ0n) is 48.3. The van der Waals surface area contributed by atoms with Crippen LogP contribution in [0.2, 0.25) is 0 Å². The van der Waals surface area contributed by atoms with E-state index in [1.807, 2.05) is 0 Å². The van der Waals surface area contributed by atoms with E-state index in [9.17, 15) is 43.2 Å². The minimum Gasteiger partial charge on any atom is -0.481 e. The van der Waals surface area contributed by atoms with Gasteiger partial charge in [0.2, 0.25) is 23.6 Å². The maximum absolute atomic E-state index is 13.3. The first-order valence-electron chi connectivity index (χ1n) is 29.4. The normalized spacial score (nSPS) is 14.3. The summed E-state index contributed by atoms with van der Waals surface area (Å²) in [5.74, 6) is -3.97. The molecule has 1 aliphatic heterocycles. The SMILES string of the molecule is CC(=O)CC[C@H](NC(=O)CCCCCCCCCCCCCCCCC(=O)O)C(=O)O.CCCCOCCOCC(=O)NCCOCCOCC(=O)NCCCC[C@H](CC(=O)[C@@H](N)Cc1cnc[nH]1)C(=O)CN1CCC[C@H]1C(N)=O.[HH]. The zero-order chi connectivity index (χ0) is 59.0. The second kappa shape index (κ2) is 48.5. The van der Waals surface area contributed by atoms with Gasteiger partial charge >= 0.3 is 11.9 Å². The van der Waals surface area contributed by atoms with E-state index in [2.05, 4.69) is 32.8 Å². The number of aromatic nitrogens is 2. The van der Waals surface area contributed by atoms with Crippen molar-refractivity contribution in [3.05, 3.63) is 18.2 Å². The summed E-state index contributed by atoms with van der Waals surface area (Å²) in [5.41, 5.74) is 12.4. The molecule has 1 aromatic heterocycles. The number of ketones is 3. The molecule has 0 aliphatic carbocycles. The fraction of sp³-hybridized carbons (Fsp3) is 0.789. The van der Waals surface area contributed by atoms with Gasteiger partial charge in [0.25, 0.3) is 0 Å². The molecule has 4 atom stereocenters. The van der Waals surface area contributed by atoms with E-state index in [0.717, 1.165) is 63.5 Å². The molecule has 23 nitrogen and oxygen atoms in total. The fourth-order valence-corrected chi connectivity index (χ4v) is 8.86. The van der Waals surface area contributed by atoms with E-state index in [0.29, 0.717) is 91.0 Å². The lowest BCUT2D eigenvalue weighted by Gasteiger charge is -2.24. The van der Waals surface area contributed by atoms with Crippen molar-refractivity contribution in [3.8, 4) is 0 Å². The average Bonchev–Trinajstić information content (AvgIpc) is 4.15. The molecular formula is C57H102N8O15. The van der Waals surface area contributed by atoms with Crippen molar-refractivity contribution in [2.75, 3.05) is 79.0 Å². The molecular weight excluding hydrogens is 1040 g/mol. The zero-order valence-corrected chi connectivity index (χ0v) is 48.3. The summed E-state index contributed by atoms with van der Waals surface area (Å²) < 4.78 is 21.4. The number of primary amides is 1. The van der Waals surface area contributed by atoms with Crippen LogP contribution >= 0.6 is 0 Å². The fourth-order valence-electron chi connectivity index (χ4n) is 8.86. The Labute approximate surface area is 476 Å². The Morgan fingerprint density at radius 3 is 1.79 bits per heavy atom. The van der Waals surface area contributed by atoms with Gasteiger partial charge in [-0.1, -0.05) is 96.8 Å². The molecule has 4 amide bonds. The first-order valence-corrected chi connectivity index (χ1v) is 29.4. The summed E-state index contributed by atoms with van der Waals surface area (Å²) in [6.45, 7) is 7.04. The molecule has 10 N–H and O–H groups in total. The number of Topliss-reactive ketones (excluding diaryl/α,β-unsaturated/α-hetero) is 3. The molecule has 2 heterocycles. The number of carbonyl (C=O) groups excluding carboxylic acids is 7. The predicted molar refractivity (Wildman–Crippen MR) is 303 cm³/mol. The van der Waals surface area contributed by atoms with Gasteiger partial charge in [-0.3, -0.25) is 38.5 Å². The van der Waals surface area contributed by atoms with Crippen molar-refractivity contribution >= 4 is 52.9 Å². The van der Waals surface area contributed by atoms with Gasteiger partial charge in [-0.25, -0.2) is 9.78 Å². The lowest BCUT2D eigenvalue weighted by molar-refractivity contribution is -0.142. The van der Waals surface area contributed by atoms with Crippen molar-refractivity contribution in [2.24, 2.45) is 17.4 Å². The number of rotatable bonds is 52. The summed E-state index contributed by atoms with van der Waals surface area (Å²) in [6, 6.07) is -2.23. The first-order chi connectivity index (χ1) is 38.5. The first kappa shape index (κ1) is 72.8. The number of unbranched alkanes of at least 4 members (excludes halogenated alkanes) is 15. The molecule has 460 valence electrons. The highest BCUT2D eigenvalue weighted by Gasteiger charge is 2.33. The maximum Gasteiger partial charge on any atom is 0.326 e. The number of carboxylic acid groups (broad SMARTS) is 2. The van der Waals surface area contributed by atoms with Gasteiger partial charge < -0.3 is 66.4 Å². The van der Waals surface area contributed by atoms with Crippen LogP contribution in [0.15, 0.2) is 12.5 Å². The van der Waals surface area contributed by atoms with Crippen LogP contribution in [0.25, 0.3) is 0 Å². The number of nitrogens with two attached hydrogens (primary N) is 2. The number of imidazole rings is 1. The monoisotopic (exact) mass is 1140 g/mol. The van der Waals surface area contributed by atoms with E-state index in [-0.39, 0.29) is 88.7 Å². The summed E-state index contributed by atoms with van der Waals surface area (Å²) in [6.07, 6.45) is 25.1. The smallest absolute Gasteiger partial charge is 0.326 e. The van der Waals surface area contributed by atoms with Gasteiger partial charge in [0.15, 0.2) is 5.78 Å². The van der Waals surface area contributed by atoms with Crippen LogP contribution < -0.4 is 27.4 Å². The standard InChI is InChI=1S/C33H57N7O9.C24H43NO6.H2/c1-2-3-12-46-14-16-48-23-32(44)38-10-13-47-15-17-49-22-31(43)37-9-5-4-7-25(18-29(41)27(34)19-26-20-36-24-39-26)30(42)21-40-11-6-8-28(40)33(35)45;1-20(26)18-19-21(24(30)31)25-22(27)16-14-12-10-8-6-4-2-3-5-7-9-11-13-15-17-23(28)29;/h20,24-25,27-28H,2-19,21-23,34H2,1H3,(H2,35,45)(H,36,39)(H,37,43)(H,38,44);21H,2-19H2,1H3,(H,25,27)(H,28,29)(H,30,31);1H/t25-,27+,28+;21-;/m10./s1. The number of aliphatic carboxylic acids is 2. The van der Waals surface area contributed by atoms with Crippen molar-refractivity contribution in [1.29, 1.82) is 0 Å². The Hall–Kier alpha value is -5.20. The van der Waals surface area contributed by atoms with Crippen LogP contribution in [0.1, 0.15) is 188 Å². The average molecular weight is 1140 g/mol. The van der Waals surface area contributed by atoms with Crippen molar-refractivity contribution in [2.45, 2.75) is 205 Å². The molecule has 23 heteroatoms. The van der Waals surface area contributed by atoms with Crippen molar-refractivity contribution in [1.82, 2.24) is 30.8 Å². The van der Waals surface area contributed by atoms with Crippen LogP contribution in [0.3, 0.4) is 0 Å². The highest BCUT2D eigenvalue weighted by atomic mass is 16.5. The van der Waals surface area contributed by atoms with Crippen LogP contribution in [-0.2, 0) is 68.5 Å². The number of nitrogens with zero attached hydrogens (tertiary/aromatic N) is 2. The number of hydrogen-bond donors (Lipinski definition) is 8. The Morgan fingerprint density at radius 2 is 1.25 bits per heavy atom. The second-order valence-corrected chi connectivity index (χ2v) is 20.7. The number of carboxylic acids is 2. The topological polar surface area (TPSA) is 351 Å². The molecule has 2 rings (SSSR count). The molecule has 80 heavy (non-hydrogen) atoms. The highest BCUT2D eigenvalue weighted by molar-refractivity contribution is 5.92. The lowest BCUT2D eigenvalue weighted by Crippen LogP contribution is -2.44. The molecule has 0 saturated carbocycles. The Kier molecular flexibility index (Phi) is 44.1. The van der Waals surface area contributed by atoms with E-state index in [1.165, 1.54) is 64.6 Å². The van der Waals surface area contributed by atoms with Gasteiger partial charge in [-0.2, -0.15) is 0 Å². The van der Waals surface area contributed by atoms with Crippen molar-refractivity contribution < 1.29 is 73.7 Å². The number of carbonyl (C=O) groups is 9. The number of ether oxygens (including phenoxy) is 4. The summed E-state index contributed by atoms with van der Waals surface area (Å²) >= 11 is 0. The molecule has 1 aromatic rings. The molecule has 0 spiro atoms. The van der Waals surface area contributed by atoms with Gasteiger partial charge in [0.05, 0.1) is 58.0 Å². The van der Waals surface area contributed by atoms with E-state index >= 15 is 0 Å². The molecule has 0 bridgehead atoms. The number of likely N-dealkylation sites (tertiary alicyclic amines) is 1. The number of nitrogens with one attached hydrogen (secondary N) is 4. The van der Waals surface area contributed by atoms with E-state index < -0.39 is 41.9 Å². The molecule has 1 aliphatic rings. The highest BCUT2D eigenvalue weighted by Crippen LogP contribution is 2.22. The Morgan fingerprint density at radius 1 is 0.688 bits per heavy atom. The Bertz CT molecular complexity index is 1880. The minimum absolute atomic E-state index is 0. The third-order valence-electron chi connectivity index (χ3n) is 13.5. The van der Waals surface area contributed by atoms with Gasteiger partial charge in [0.1, 0.15) is 30.8 Å². The van der Waals surface area contributed by atoms with Crippen molar-refractivity contribution in [3.63, 3.8) is 0 Å². The third kappa shape index (κ3) is 40.9. The van der Waals surface area contributed by atoms with Crippen LogP contribution in [-0.4, -0.2) is 175 Å². The summed E-state index contributed by atoms with van der Waals surface area (Å²) in [4.78, 5) is 115. The number of aromatic amines is 1. The quantitative estimate of drug-likeness (QED) is 0.0391. The van der Waals surface area contributed by atoms with Gasteiger partial charge in [-0.05, 0) is 64.8 Å². The summed E-state index contributed by atoms with van der Waals surface area (Å²) in [5, 5.41) is 25.7. The van der Waals surface area contributed by atoms with Gasteiger partial charge in [0, 0.05) is 71.0 Å². The summed E-state index contributed by atoms with van der Waals surface area (Å²) in [7, 11) is 0. The molecule has 1 saturated heterocycles. The molecule has 0 aromatic carbocycles. The Balaban J connectivity index is 0.00000173. The number of amides is 4. The lowest BCUT2D eigenvalue weighted by atomic mass is 9.89. The molecule has 0 radical (unpaired) electrons. The van der Waals surface area contributed by atoms with Crippen LogP contribution in [0.5, 0.6) is 0 Å². The number of H-pyrrole nitrogens is 1. The largest absolute Gasteiger partial charge is 0.481 e. The second-order valence-electron chi connectivity index (χ2n) is 20.7.